The zero-order valence-electron chi connectivity index (χ0n) is 15.3. The van der Waals surface area contributed by atoms with Crippen LogP contribution >= 0.6 is 23.2 Å². The van der Waals surface area contributed by atoms with Crippen molar-refractivity contribution in [1.29, 1.82) is 0 Å². The third-order valence-corrected chi connectivity index (χ3v) is 5.72. The maximum atomic E-state index is 14.7. The monoisotopic (exact) mass is 423 g/mol. The van der Waals surface area contributed by atoms with E-state index < -0.39 is 5.82 Å². The minimum absolute atomic E-state index is 0.104. The summed E-state index contributed by atoms with van der Waals surface area (Å²) in [7, 11) is 1.60. The Hall–Kier alpha value is -2.02. The molecule has 1 fully saturated rings. The quantitative estimate of drug-likeness (QED) is 0.717. The van der Waals surface area contributed by atoms with E-state index in [9.17, 15) is 4.39 Å². The Bertz CT molecular complexity index is 917. The molecule has 2 aromatic carbocycles. The van der Waals surface area contributed by atoms with E-state index in [4.69, 9.17) is 32.7 Å². The molecule has 0 spiro atoms. The van der Waals surface area contributed by atoms with Gasteiger partial charge in [0.1, 0.15) is 12.8 Å². The van der Waals surface area contributed by atoms with E-state index >= 15 is 0 Å². The van der Waals surface area contributed by atoms with Crippen molar-refractivity contribution >= 4 is 40.8 Å². The van der Waals surface area contributed by atoms with Crippen LogP contribution in [0.5, 0.6) is 11.5 Å². The molecule has 0 atom stereocenters. The fourth-order valence-electron chi connectivity index (χ4n) is 3.47. The smallest absolute Gasteiger partial charge is 0.166 e. The van der Waals surface area contributed by atoms with Crippen molar-refractivity contribution in [3.63, 3.8) is 0 Å². The molecular formula is C20H20Cl2FN3O2. The molecule has 0 radical (unpaired) electrons. The summed E-state index contributed by atoms with van der Waals surface area (Å²) in [5.41, 5.74) is 1.89. The van der Waals surface area contributed by atoms with Crippen molar-refractivity contribution in [2.45, 2.75) is 18.9 Å². The second-order valence-electron chi connectivity index (χ2n) is 6.70. The minimum Gasteiger partial charge on any atom is -0.493 e. The summed E-state index contributed by atoms with van der Waals surface area (Å²) in [6.07, 6.45) is 3.78. The van der Waals surface area contributed by atoms with Gasteiger partial charge in [-0.25, -0.2) is 4.39 Å². The zero-order valence-corrected chi connectivity index (χ0v) is 16.9. The number of anilines is 2. The van der Waals surface area contributed by atoms with Crippen molar-refractivity contribution in [2.24, 2.45) is 4.99 Å². The van der Waals surface area contributed by atoms with Crippen LogP contribution in [-0.4, -0.2) is 39.2 Å². The Labute approximate surface area is 173 Å². The molecule has 2 heterocycles. The molecule has 2 aliphatic heterocycles. The van der Waals surface area contributed by atoms with Crippen LogP contribution in [0.2, 0.25) is 10.0 Å². The molecule has 0 amide bonds. The lowest BCUT2D eigenvalue weighted by molar-refractivity contribution is 0.156. The SMILES string of the molecule is COc1cc2c(cc1OC1CCNCC1)C=NCN2c1ccc(Cl)c(Cl)c1F. The van der Waals surface area contributed by atoms with Crippen LogP contribution in [0.3, 0.4) is 0 Å². The van der Waals surface area contributed by atoms with Gasteiger partial charge in [0.15, 0.2) is 17.3 Å². The minimum atomic E-state index is -0.578. The van der Waals surface area contributed by atoms with Crippen LogP contribution in [0.4, 0.5) is 15.8 Å². The first kappa shape index (κ1) is 19.3. The predicted molar refractivity (Wildman–Crippen MR) is 111 cm³/mol. The Morgan fingerprint density at radius 2 is 1.93 bits per heavy atom. The highest BCUT2D eigenvalue weighted by atomic mass is 35.5. The Kier molecular flexibility index (Phi) is 5.62. The molecule has 1 saturated heterocycles. The molecule has 1 N–H and O–H groups in total. The molecule has 0 saturated carbocycles. The highest BCUT2D eigenvalue weighted by Gasteiger charge is 2.25. The van der Waals surface area contributed by atoms with Crippen molar-refractivity contribution in [1.82, 2.24) is 5.32 Å². The van der Waals surface area contributed by atoms with Crippen LogP contribution < -0.4 is 19.7 Å². The first-order valence-corrected chi connectivity index (χ1v) is 9.84. The molecule has 2 aliphatic rings. The number of nitrogens with zero attached hydrogens (tertiary/aromatic N) is 2. The summed E-state index contributed by atoms with van der Waals surface area (Å²) >= 11 is 11.9. The van der Waals surface area contributed by atoms with Crippen molar-refractivity contribution in [3.8, 4) is 11.5 Å². The lowest BCUT2D eigenvalue weighted by Gasteiger charge is -2.30. The summed E-state index contributed by atoms with van der Waals surface area (Å²) in [4.78, 5) is 6.10. The van der Waals surface area contributed by atoms with Gasteiger partial charge in [0.05, 0.1) is 28.5 Å². The molecule has 4 rings (SSSR count). The van der Waals surface area contributed by atoms with Gasteiger partial charge in [-0.15, -0.1) is 0 Å². The highest BCUT2D eigenvalue weighted by molar-refractivity contribution is 6.42. The molecule has 0 bridgehead atoms. The third kappa shape index (κ3) is 3.64. The van der Waals surface area contributed by atoms with E-state index in [0.717, 1.165) is 37.2 Å². The van der Waals surface area contributed by atoms with Gasteiger partial charge in [0, 0.05) is 17.8 Å². The fraction of sp³-hybridized carbons (Fsp3) is 0.350. The molecule has 28 heavy (non-hydrogen) atoms. The average molecular weight is 424 g/mol. The number of nitrogens with one attached hydrogen (secondary N) is 1. The lowest BCUT2D eigenvalue weighted by Crippen LogP contribution is -2.34. The van der Waals surface area contributed by atoms with Gasteiger partial charge >= 0.3 is 0 Å². The second kappa shape index (κ2) is 8.15. The molecular weight excluding hydrogens is 404 g/mol. The van der Waals surface area contributed by atoms with E-state index in [1.54, 1.807) is 30.4 Å². The Morgan fingerprint density at radius 1 is 1.14 bits per heavy atom. The van der Waals surface area contributed by atoms with Gasteiger partial charge in [-0.1, -0.05) is 23.2 Å². The van der Waals surface area contributed by atoms with Crippen LogP contribution in [0.15, 0.2) is 29.3 Å². The molecule has 0 aliphatic carbocycles. The van der Waals surface area contributed by atoms with E-state index in [0.29, 0.717) is 17.2 Å². The number of aliphatic imine (C=N–C) groups is 1. The number of rotatable bonds is 4. The first-order valence-electron chi connectivity index (χ1n) is 9.08. The third-order valence-electron chi connectivity index (χ3n) is 4.94. The summed E-state index contributed by atoms with van der Waals surface area (Å²) in [6.45, 7) is 2.13. The standard InChI is InChI=1S/C20H20Cl2FN3O2/c1-27-17-9-16-12(8-18(17)28-13-4-6-24-7-5-13)10-25-11-26(16)15-3-2-14(21)19(22)20(15)23/h2-3,8-10,13,24H,4-7,11H2,1H3. The zero-order chi connectivity index (χ0) is 19.7. The van der Waals surface area contributed by atoms with Gasteiger partial charge in [-0.3, -0.25) is 4.99 Å². The maximum Gasteiger partial charge on any atom is 0.166 e. The molecule has 8 heteroatoms. The summed E-state index contributed by atoms with van der Waals surface area (Å²) in [5, 5.41) is 3.39. The number of hydrogen-bond acceptors (Lipinski definition) is 5. The summed E-state index contributed by atoms with van der Waals surface area (Å²) in [5.74, 6) is 0.681. The number of fused-ring (bicyclic) bond motifs is 1. The van der Waals surface area contributed by atoms with E-state index in [2.05, 4.69) is 10.3 Å². The van der Waals surface area contributed by atoms with Gasteiger partial charge in [0.25, 0.3) is 0 Å². The van der Waals surface area contributed by atoms with E-state index in [1.165, 1.54) is 0 Å². The lowest BCUT2D eigenvalue weighted by atomic mass is 10.1. The Balaban J connectivity index is 1.71. The number of halogens is 3. The fourth-order valence-corrected chi connectivity index (χ4v) is 3.78. The number of benzene rings is 2. The van der Waals surface area contributed by atoms with Crippen molar-refractivity contribution < 1.29 is 13.9 Å². The van der Waals surface area contributed by atoms with Gasteiger partial charge in [-0.05, 0) is 44.1 Å². The molecule has 2 aromatic rings. The largest absolute Gasteiger partial charge is 0.493 e. The van der Waals surface area contributed by atoms with Gasteiger partial charge in [-0.2, -0.15) is 0 Å². The second-order valence-corrected chi connectivity index (χ2v) is 7.49. The van der Waals surface area contributed by atoms with Crippen molar-refractivity contribution in [3.05, 3.63) is 45.7 Å². The van der Waals surface area contributed by atoms with Crippen LogP contribution in [0.1, 0.15) is 18.4 Å². The highest BCUT2D eigenvalue weighted by Crippen LogP contribution is 2.42. The number of ether oxygens (including phenoxy) is 2. The normalized spacial score (nSPS) is 16.8. The maximum absolute atomic E-state index is 14.7. The molecule has 5 nitrogen and oxygen atoms in total. The number of methoxy groups -OCH3 is 1. The number of hydrogen-bond donors (Lipinski definition) is 1. The Morgan fingerprint density at radius 3 is 2.68 bits per heavy atom. The average Bonchev–Trinajstić information content (AvgIpc) is 2.72. The summed E-state index contributed by atoms with van der Waals surface area (Å²) < 4.78 is 26.5. The topological polar surface area (TPSA) is 46.1 Å². The van der Waals surface area contributed by atoms with Gasteiger partial charge in [0.2, 0.25) is 0 Å². The molecule has 0 aromatic heterocycles. The number of piperidine rings is 1. The molecule has 148 valence electrons. The summed E-state index contributed by atoms with van der Waals surface area (Å²) in [6, 6.07) is 6.91. The molecule has 0 unspecified atom stereocenters. The van der Waals surface area contributed by atoms with E-state index in [-0.39, 0.29) is 22.8 Å². The predicted octanol–water partition coefficient (Wildman–Crippen LogP) is 4.80. The van der Waals surface area contributed by atoms with Crippen LogP contribution in [-0.2, 0) is 0 Å². The van der Waals surface area contributed by atoms with E-state index in [1.807, 2.05) is 12.1 Å². The van der Waals surface area contributed by atoms with Crippen molar-refractivity contribution in [2.75, 3.05) is 31.8 Å². The first-order chi connectivity index (χ1) is 13.6. The van der Waals surface area contributed by atoms with Crippen LogP contribution in [0.25, 0.3) is 0 Å². The van der Waals surface area contributed by atoms with Crippen LogP contribution in [0, 0.1) is 5.82 Å². The van der Waals surface area contributed by atoms with Gasteiger partial charge < -0.3 is 19.7 Å².